The third kappa shape index (κ3) is 6.76. The highest BCUT2D eigenvalue weighted by Gasteiger charge is 2.37. The first-order valence-electron chi connectivity index (χ1n) is 5.84. The van der Waals surface area contributed by atoms with Gasteiger partial charge in [0, 0.05) is 20.8 Å². The zero-order chi connectivity index (χ0) is 15.2. The van der Waals surface area contributed by atoms with Gasteiger partial charge in [0.25, 0.3) is 0 Å². The largest absolute Gasteiger partial charge is 0.459 e. The van der Waals surface area contributed by atoms with Gasteiger partial charge >= 0.3 is 17.9 Å². The summed E-state index contributed by atoms with van der Waals surface area (Å²) in [5.74, 6) is -1.85. The van der Waals surface area contributed by atoms with Crippen molar-refractivity contribution in [3.63, 3.8) is 0 Å². The average Bonchev–Trinajstić information content (AvgIpc) is 2.20. The van der Waals surface area contributed by atoms with E-state index in [1.807, 2.05) is 0 Å². The third-order valence-corrected chi connectivity index (χ3v) is 2.22. The molecule has 0 saturated heterocycles. The number of aliphatic hydroxyl groups excluding tert-OH is 1. The predicted octanol–water partition coefficient (Wildman–Crippen LogP) is 0.182. The first-order chi connectivity index (χ1) is 8.65. The topological polar surface area (TPSA) is 99.1 Å². The highest BCUT2D eigenvalue weighted by atomic mass is 16.6. The molecule has 0 aromatic rings. The molecular formula is C12H20O7. The van der Waals surface area contributed by atoms with Gasteiger partial charge in [-0.3, -0.25) is 14.4 Å². The first-order valence-corrected chi connectivity index (χ1v) is 5.84. The zero-order valence-corrected chi connectivity index (χ0v) is 11.7. The van der Waals surface area contributed by atoms with Crippen molar-refractivity contribution in [1.29, 1.82) is 0 Å². The molecule has 0 saturated carbocycles. The molecule has 0 amide bonds. The van der Waals surface area contributed by atoms with Crippen LogP contribution in [0.3, 0.4) is 0 Å². The summed E-state index contributed by atoms with van der Waals surface area (Å²) in [7, 11) is 0. The fourth-order valence-corrected chi connectivity index (χ4v) is 1.58. The smallest absolute Gasteiger partial charge is 0.303 e. The van der Waals surface area contributed by atoms with Crippen molar-refractivity contribution in [2.45, 2.75) is 59.0 Å². The number of aliphatic hydroxyl groups is 1. The molecule has 0 unspecified atom stereocenters. The monoisotopic (exact) mass is 276 g/mol. The molecule has 1 N–H and O–H groups in total. The standard InChI is InChI=1S/C12H20O7/c1-6(13)11(18-9(4)15)12(19-10(5)16)7(2)17-8(3)14/h6-7,11-13H,1-5H3/t6-,7+,11+,12-/m1/s1. The zero-order valence-electron chi connectivity index (χ0n) is 11.7. The van der Waals surface area contributed by atoms with Crippen LogP contribution < -0.4 is 0 Å². The normalized spacial score (nSPS) is 16.7. The Labute approximate surface area is 111 Å². The van der Waals surface area contributed by atoms with Crippen LogP contribution in [-0.4, -0.2) is 47.4 Å². The van der Waals surface area contributed by atoms with Crippen LogP contribution in [0.5, 0.6) is 0 Å². The fourth-order valence-electron chi connectivity index (χ4n) is 1.58. The Morgan fingerprint density at radius 1 is 0.789 bits per heavy atom. The molecule has 110 valence electrons. The van der Waals surface area contributed by atoms with Crippen molar-refractivity contribution >= 4 is 17.9 Å². The number of hydrogen-bond donors (Lipinski definition) is 1. The Hall–Kier alpha value is -1.63. The van der Waals surface area contributed by atoms with Crippen LogP contribution in [0.2, 0.25) is 0 Å². The molecule has 7 nitrogen and oxygen atoms in total. The summed E-state index contributed by atoms with van der Waals surface area (Å²) in [5, 5.41) is 9.62. The maximum absolute atomic E-state index is 11.1. The van der Waals surface area contributed by atoms with Gasteiger partial charge in [-0.1, -0.05) is 0 Å². The molecule has 0 fully saturated rings. The Balaban J connectivity index is 5.09. The Bertz CT molecular complexity index is 337. The molecule has 0 spiro atoms. The molecule has 0 aliphatic heterocycles. The van der Waals surface area contributed by atoms with E-state index in [2.05, 4.69) is 0 Å². The summed E-state index contributed by atoms with van der Waals surface area (Å²) in [6.45, 7) is 6.39. The van der Waals surface area contributed by atoms with E-state index in [4.69, 9.17) is 14.2 Å². The molecule has 0 rings (SSSR count). The van der Waals surface area contributed by atoms with Crippen LogP contribution in [0.1, 0.15) is 34.6 Å². The second kappa shape index (κ2) is 7.73. The van der Waals surface area contributed by atoms with Gasteiger partial charge in [-0.05, 0) is 13.8 Å². The van der Waals surface area contributed by atoms with Crippen molar-refractivity contribution in [3.8, 4) is 0 Å². The predicted molar refractivity (Wildman–Crippen MR) is 64.0 cm³/mol. The van der Waals surface area contributed by atoms with Gasteiger partial charge in [-0.15, -0.1) is 0 Å². The lowest BCUT2D eigenvalue weighted by Crippen LogP contribution is -2.48. The van der Waals surface area contributed by atoms with Gasteiger partial charge in [0.05, 0.1) is 6.10 Å². The Kier molecular flexibility index (Phi) is 7.06. The van der Waals surface area contributed by atoms with Crippen LogP contribution in [-0.2, 0) is 28.6 Å². The highest BCUT2D eigenvalue weighted by Crippen LogP contribution is 2.16. The van der Waals surface area contributed by atoms with E-state index in [1.165, 1.54) is 27.7 Å². The maximum Gasteiger partial charge on any atom is 0.303 e. The SMILES string of the molecule is CC(=O)O[C@H]([C@H](OC(C)=O)[C@H](C)OC(C)=O)[C@@H](C)O. The number of esters is 3. The number of carbonyl (C=O) groups excluding carboxylic acids is 3. The molecule has 0 aromatic heterocycles. The van der Waals surface area contributed by atoms with Crippen molar-refractivity contribution in [1.82, 2.24) is 0 Å². The summed E-state index contributed by atoms with van der Waals surface area (Å²) in [4.78, 5) is 33.0. The quantitative estimate of drug-likeness (QED) is 0.545. The summed E-state index contributed by atoms with van der Waals surface area (Å²) in [6.07, 6.45) is -4.15. The second-order valence-corrected chi connectivity index (χ2v) is 4.20. The molecule has 4 atom stereocenters. The van der Waals surface area contributed by atoms with E-state index in [1.54, 1.807) is 0 Å². The van der Waals surface area contributed by atoms with Crippen LogP contribution in [0, 0.1) is 0 Å². The van der Waals surface area contributed by atoms with E-state index in [0.29, 0.717) is 0 Å². The lowest BCUT2D eigenvalue weighted by molar-refractivity contribution is -0.189. The van der Waals surface area contributed by atoms with E-state index < -0.39 is 42.3 Å². The van der Waals surface area contributed by atoms with E-state index in [9.17, 15) is 19.5 Å². The average molecular weight is 276 g/mol. The van der Waals surface area contributed by atoms with Crippen molar-refractivity contribution < 1.29 is 33.7 Å². The first kappa shape index (κ1) is 17.4. The number of ether oxygens (including phenoxy) is 3. The molecule has 19 heavy (non-hydrogen) atoms. The summed E-state index contributed by atoms with van der Waals surface area (Å²) in [5.41, 5.74) is 0. The molecule has 0 aromatic carbocycles. The van der Waals surface area contributed by atoms with Gasteiger partial charge in [-0.2, -0.15) is 0 Å². The molecule has 0 radical (unpaired) electrons. The van der Waals surface area contributed by atoms with Crippen LogP contribution in [0.4, 0.5) is 0 Å². The van der Waals surface area contributed by atoms with Gasteiger partial charge in [0.2, 0.25) is 0 Å². The summed E-state index contributed by atoms with van der Waals surface area (Å²) >= 11 is 0. The van der Waals surface area contributed by atoms with Crippen LogP contribution in [0.15, 0.2) is 0 Å². The van der Waals surface area contributed by atoms with Crippen molar-refractivity contribution in [2.75, 3.05) is 0 Å². The molecular weight excluding hydrogens is 256 g/mol. The molecule has 0 bridgehead atoms. The lowest BCUT2D eigenvalue weighted by Gasteiger charge is -2.31. The van der Waals surface area contributed by atoms with Crippen LogP contribution in [0.25, 0.3) is 0 Å². The third-order valence-electron chi connectivity index (χ3n) is 2.22. The second-order valence-electron chi connectivity index (χ2n) is 4.20. The minimum absolute atomic E-state index is 0.572. The van der Waals surface area contributed by atoms with E-state index in [0.717, 1.165) is 6.92 Å². The van der Waals surface area contributed by atoms with E-state index >= 15 is 0 Å². The van der Waals surface area contributed by atoms with Gasteiger partial charge in [-0.25, -0.2) is 0 Å². The fraction of sp³-hybridized carbons (Fsp3) is 0.750. The van der Waals surface area contributed by atoms with Crippen molar-refractivity contribution in [2.24, 2.45) is 0 Å². The minimum Gasteiger partial charge on any atom is -0.459 e. The molecule has 0 aliphatic carbocycles. The van der Waals surface area contributed by atoms with Gasteiger partial charge < -0.3 is 19.3 Å². The van der Waals surface area contributed by atoms with E-state index in [-0.39, 0.29) is 0 Å². The summed E-state index contributed by atoms with van der Waals surface area (Å²) < 4.78 is 14.8. The molecule has 7 heteroatoms. The van der Waals surface area contributed by atoms with Gasteiger partial charge in [0.15, 0.2) is 12.2 Å². The lowest BCUT2D eigenvalue weighted by atomic mass is 10.0. The highest BCUT2D eigenvalue weighted by molar-refractivity contribution is 5.68. The Morgan fingerprint density at radius 3 is 1.47 bits per heavy atom. The Morgan fingerprint density at radius 2 is 1.16 bits per heavy atom. The minimum atomic E-state index is -1.12. The number of rotatable bonds is 6. The molecule has 0 aliphatic rings. The number of carbonyl (C=O) groups is 3. The maximum atomic E-state index is 11.1. The van der Waals surface area contributed by atoms with Crippen LogP contribution >= 0.6 is 0 Å². The van der Waals surface area contributed by atoms with Gasteiger partial charge in [0.1, 0.15) is 6.10 Å². The van der Waals surface area contributed by atoms with Crippen molar-refractivity contribution in [3.05, 3.63) is 0 Å². The number of hydrogen-bond acceptors (Lipinski definition) is 7. The summed E-state index contributed by atoms with van der Waals surface area (Å²) in [6, 6.07) is 0. The molecule has 0 heterocycles.